The molecule has 1 heterocycles. The fourth-order valence-corrected chi connectivity index (χ4v) is 2.98. The molecule has 0 aliphatic carbocycles. The van der Waals surface area contributed by atoms with Gasteiger partial charge in [-0.2, -0.15) is 0 Å². The van der Waals surface area contributed by atoms with Crippen molar-refractivity contribution in [2.75, 3.05) is 33.3 Å². The molecule has 4 nitrogen and oxygen atoms in total. The van der Waals surface area contributed by atoms with Crippen molar-refractivity contribution in [2.45, 2.75) is 24.8 Å². The maximum absolute atomic E-state index is 12.7. The molecule has 1 amide bonds. The molecular formula is C16H23ClN2O2. The van der Waals surface area contributed by atoms with Gasteiger partial charge in [0.25, 0.3) is 5.91 Å². The van der Waals surface area contributed by atoms with Crippen LogP contribution in [0.5, 0.6) is 0 Å². The number of benzene rings is 1. The van der Waals surface area contributed by atoms with E-state index >= 15 is 0 Å². The highest BCUT2D eigenvalue weighted by Gasteiger charge is 2.27. The Hall–Kier alpha value is -1.10. The van der Waals surface area contributed by atoms with Gasteiger partial charge in [0.15, 0.2) is 0 Å². The number of carbonyl (C=O) groups excluding carboxylic acids is 1. The van der Waals surface area contributed by atoms with Crippen molar-refractivity contribution in [2.24, 2.45) is 0 Å². The van der Waals surface area contributed by atoms with Crippen LogP contribution in [0.3, 0.4) is 0 Å². The molecule has 1 fully saturated rings. The van der Waals surface area contributed by atoms with Crippen LogP contribution in [-0.4, -0.2) is 60.1 Å². The van der Waals surface area contributed by atoms with Gasteiger partial charge in [-0.25, -0.2) is 0 Å². The molecule has 0 saturated carbocycles. The monoisotopic (exact) mass is 310 g/mol. The summed E-state index contributed by atoms with van der Waals surface area (Å²) >= 11 is 5.84. The lowest BCUT2D eigenvalue weighted by Crippen LogP contribution is -2.47. The smallest absolute Gasteiger partial charge is 0.254 e. The molecule has 0 unspecified atom stereocenters. The lowest BCUT2D eigenvalue weighted by molar-refractivity contribution is 0.0540. The van der Waals surface area contributed by atoms with Gasteiger partial charge in [-0.05, 0) is 50.7 Å². The number of carbonyl (C=O) groups is 1. The Kier molecular flexibility index (Phi) is 6.03. The van der Waals surface area contributed by atoms with Gasteiger partial charge in [-0.15, -0.1) is 11.6 Å². The van der Waals surface area contributed by atoms with Crippen LogP contribution < -0.4 is 0 Å². The minimum Gasteiger partial charge on any atom is -0.395 e. The first-order chi connectivity index (χ1) is 10.2. The van der Waals surface area contributed by atoms with Crippen molar-refractivity contribution in [3.63, 3.8) is 0 Å². The average molecular weight is 311 g/mol. The summed E-state index contributed by atoms with van der Waals surface area (Å²) in [5, 5.41) is 9.29. The molecule has 1 saturated heterocycles. The first-order valence-electron chi connectivity index (χ1n) is 7.41. The van der Waals surface area contributed by atoms with Gasteiger partial charge in [0.1, 0.15) is 0 Å². The van der Waals surface area contributed by atoms with Crippen LogP contribution in [0.4, 0.5) is 0 Å². The van der Waals surface area contributed by atoms with Crippen LogP contribution in [-0.2, 0) is 5.88 Å². The van der Waals surface area contributed by atoms with Crippen molar-refractivity contribution < 1.29 is 9.90 Å². The summed E-state index contributed by atoms with van der Waals surface area (Å²) < 4.78 is 0. The van der Waals surface area contributed by atoms with E-state index in [4.69, 9.17) is 11.6 Å². The molecule has 1 aliphatic heterocycles. The zero-order valence-corrected chi connectivity index (χ0v) is 13.2. The molecule has 1 aromatic carbocycles. The van der Waals surface area contributed by atoms with Crippen molar-refractivity contribution in [1.82, 2.24) is 9.80 Å². The van der Waals surface area contributed by atoms with E-state index in [9.17, 15) is 9.90 Å². The van der Waals surface area contributed by atoms with Crippen LogP contribution in [0.25, 0.3) is 0 Å². The molecule has 116 valence electrons. The third kappa shape index (κ3) is 4.19. The maximum Gasteiger partial charge on any atom is 0.254 e. The van der Waals surface area contributed by atoms with Crippen molar-refractivity contribution >= 4 is 17.5 Å². The summed E-state index contributed by atoms with van der Waals surface area (Å²) in [4.78, 5) is 16.8. The van der Waals surface area contributed by atoms with Gasteiger partial charge in [0.05, 0.1) is 6.61 Å². The fraction of sp³-hybridized carbons (Fsp3) is 0.562. The number of likely N-dealkylation sites (tertiary alicyclic amines) is 1. The minimum absolute atomic E-state index is 0.00667. The predicted octanol–water partition coefficient (Wildman–Crippen LogP) is 1.95. The van der Waals surface area contributed by atoms with E-state index in [0.717, 1.165) is 31.5 Å². The molecule has 2 rings (SSSR count). The number of aliphatic hydroxyl groups excluding tert-OH is 1. The Labute approximate surface area is 131 Å². The quantitative estimate of drug-likeness (QED) is 0.846. The minimum atomic E-state index is -0.00873. The third-order valence-electron chi connectivity index (χ3n) is 4.06. The molecule has 1 N–H and O–H groups in total. The van der Waals surface area contributed by atoms with E-state index < -0.39 is 0 Å². The van der Waals surface area contributed by atoms with Crippen LogP contribution in [0.2, 0.25) is 0 Å². The number of aliphatic hydroxyl groups is 1. The van der Waals surface area contributed by atoms with Crippen LogP contribution in [0, 0.1) is 0 Å². The number of alkyl halides is 1. The SMILES string of the molecule is CN1CCC(N(CCO)C(=O)c2cccc(CCl)c2)CC1. The number of hydrogen-bond donors (Lipinski definition) is 1. The van der Waals surface area contributed by atoms with Crippen molar-refractivity contribution in [3.05, 3.63) is 35.4 Å². The van der Waals surface area contributed by atoms with E-state index in [2.05, 4.69) is 11.9 Å². The number of amides is 1. The summed E-state index contributed by atoms with van der Waals surface area (Å²) in [5.74, 6) is 0.389. The lowest BCUT2D eigenvalue weighted by atomic mass is 10.0. The molecular weight excluding hydrogens is 288 g/mol. The van der Waals surface area contributed by atoms with Gasteiger partial charge >= 0.3 is 0 Å². The number of rotatable bonds is 5. The zero-order valence-electron chi connectivity index (χ0n) is 12.5. The van der Waals surface area contributed by atoms with E-state index in [-0.39, 0.29) is 18.6 Å². The van der Waals surface area contributed by atoms with E-state index in [1.807, 2.05) is 29.2 Å². The van der Waals surface area contributed by atoms with Crippen molar-refractivity contribution in [1.29, 1.82) is 0 Å². The molecule has 0 radical (unpaired) electrons. The number of piperidine rings is 1. The Morgan fingerprint density at radius 2 is 2.14 bits per heavy atom. The maximum atomic E-state index is 12.7. The molecule has 5 heteroatoms. The Morgan fingerprint density at radius 1 is 1.43 bits per heavy atom. The highest BCUT2D eigenvalue weighted by molar-refractivity contribution is 6.17. The van der Waals surface area contributed by atoms with Gasteiger partial charge in [-0.1, -0.05) is 12.1 Å². The zero-order chi connectivity index (χ0) is 15.2. The van der Waals surface area contributed by atoms with E-state index in [0.29, 0.717) is 18.0 Å². The van der Waals surface area contributed by atoms with E-state index in [1.54, 1.807) is 0 Å². The Balaban J connectivity index is 2.14. The number of halogens is 1. The normalized spacial score (nSPS) is 16.9. The van der Waals surface area contributed by atoms with Gasteiger partial charge in [0, 0.05) is 24.0 Å². The molecule has 21 heavy (non-hydrogen) atoms. The van der Waals surface area contributed by atoms with Crippen LogP contribution in [0.15, 0.2) is 24.3 Å². The van der Waals surface area contributed by atoms with Crippen LogP contribution >= 0.6 is 11.6 Å². The fourth-order valence-electron chi connectivity index (χ4n) is 2.82. The van der Waals surface area contributed by atoms with Gasteiger partial charge in [-0.3, -0.25) is 4.79 Å². The summed E-state index contributed by atoms with van der Waals surface area (Å²) in [7, 11) is 2.10. The van der Waals surface area contributed by atoms with Crippen LogP contribution in [0.1, 0.15) is 28.8 Å². The Morgan fingerprint density at radius 3 is 2.76 bits per heavy atom. The number of hydrogen-bond acceptors (Lipinski definition) is 3. The molecule has 0 bridgehead atoms. The summed E-state index contributed by atoms with van der Waals surface area (Å²) in [5.41, 5.74) is 1.59. The first-order valence-corrected chi connectivity index (χ1v) is 7.94. The molecule has 1 aliphatic rings. The molecule has 0 atom stereocenters. The van der Waals surface area contributed by atoms with E-state index in [1.165, 1.54) is 0 Å². The molecule has 0 aromatic heterocycles. The standard InChI is InChI=1S/C16H23ClN2O2/c1-18-7-5-15(6-8-18)19(9-10-20)16(21)14-4-2-3-13(11-14)12-17/h2-4,11,15,20H,5-10,12H2,1H3. The second-order valence-corrected chi connectivity index (χ2v) is 5.86. The van der Waals surface area contributed by atoms with Gasteiger partial charge < -0.3 is 14.9 Å². The highest BCUT2D eigenvalue weighted by atomic mass is 35.5. The second-order valence-electron chi connectivity index (χ2n) is 5.59. The molecule has 0 spiro atoms. The summed E-state index contributed by atoms with van der Waals surface area (Å²) in [6.07, 6.45) is 1.91. The van der Waals surface area contributed by atoms with Crippen molar-refractivity contribution in [3.8, 4) is 0 Å². The molecule has 1 aromatic rings. The average Bonchev–Trinajstić information content (AvgIpc) is 2.53. The topological polar surface area (TPSA) is 43.8 Å². The largest absolute Gasteiger partial charge is 0.395 e. The first kappa shape index (κ1) is 16.3. The highest BCUT2D eigenvalue weighted by Crippen LogP contribution is 2.19. The van der Waals surface area contributed by atoms with Gasteiger partial charge in [0.2, 0.25) is 0 Å². The predicted molar refractivity (Wildman–Crippen MR) is 84.6 cm³/mol. The summed E-state index contributed by atoms with van der Waals surface area (Å²) in [6.45, 7) is 2.36. The second kappa shape index (κ2) is 7.78. The number of nitrogens with zero attached hydrogens (tertiary/aromatic N) is 2. The summed E-state index contributed by atoms with van der Waals surface area (Å²) in [6, 6.07) is 7.64. The lowest BCUT2D eigenvalue weighted by Gasteiger charge is -2.37. The Bertz CT molecular complexity index is 473. The third-order valence-corrected chi connectivity index (χ3v) is 4.37.